The molecule has 1 aromatic carbocycles. The lowest BCUT2D eigenvalue weighted by atomic mass is 10.2. The van der Waals surface area contributed by atoms with Crippen LogP contribution < -0.4 is 15.6 Å². The summed E-state index contributed by atoms with van der Waals surface area (Å²) in [4.78, 5) is 25.9. The third-order valence-electron chi connectivity index (χ3n) is 3.07. The van der Waals surface area contributed by atoms with Crippen LogP contribution in [-0.4, -0.2) is 47.0 Å². The molecule has 0 unspecified atom stereocenters. The van der Waals surface area contributed by atoms with E-state index in [1.165, 1.54) is 24.9 Å². The number of methoxy groups -OCH3 is 1. The van der Waals surface area contributed by atoms with Gasteiger partial charge in [0.05, 0.1) is 18.4 Å². The molecule has 0 saturated carbocycles. The predicted molar refractivity (Wildman–Crippen MR) is 102 cm³/mol. The maximum absolute atomic E-state index is 12.1. The summed E-state index contributed by atoms with van der Waals surface area (Å²) in [6.07, 6.45) is 0. The van der Waals surface area contributed by atoms with Gasteiger partial charge in [-0.3, -0.25) is 20.4 Å². The van der Waals surface area contributed by atoms with Gasteiger partial charge in [0.15, 0.2) is 0 Å². The number of nitrogens with one attached hydrogen (secondary N) is 2. The molecule has 0 fully saturated rings. The molecule has 0 radical (unpaired) electrons. The zero-order valence-corrected chi connectivity index (χ0v) is 16.1. The number of ether oxygens (including phenoxy) is 1. The molecule has 1 aromatic rings. The molecular formula is C15H20ClN3O3S2. The predicted octanol–water partition coefficient (Wildman–Crippen LogP) is 2.47. The first-order chi connectivity index (χ1) is 11.4. The van der Waals surface area contributed by atoms with E-state index in [0.717, 1.165) is 13.1 Å². The van der Waals surface area contributed by atoms with Gasteiger partial charge in [-0.1, -0.05) is 35.6 Å². The molecule has 0 spiro atoms. The van der Waals surface area contributed by atoms with Crippen LogP contribution in [0.4, 0.5) is 0 Å². The van der Waals surface area contributed by atoms with Crippen molar-refractivity contribution in [3.05, 3.63) is 28.8 Å². The number of rotatable bonds is 6. The van der Waals surface area contributed by atoms with Crippen LogP contribution >= 0.6 is 35.6 Å². The van der Waals surface area contributed by atoms with Crippen molar-refractivity contribution in [1.82, 2.24) is 15.8 Å². The lowest BCUT2D eigenvalue weighted by Gasteiger charge is -2.20. The van der Waals surface area contributed by atoms with Gasteiger partial charge in [-0.15, -0.1) is 0 Å². The molecule has 0 aliphatic heterocycles. The molecule has 1 rings (SSSR count). The Hall–Kier alpha value is -1.51. The number of halogens is 1. The quantitative estimate of drug-likeness (QED) is 0.575. The highest BCUT2D eigenvalue weighted by atomic mass is 35.5. The molecule has 132 valence electrons. The maximum Gasteiger partial charge on any atom is 0.273 e. The van der Waals surface area contributed by atoms with Gasteiger partial charge in [-0.05, 0) is 32.0 Å². The number of hydrazine groups is 1. The Kier molecular flexibility index (Phi) is 8.88. The average molecular weight is 390 g/mol. The van der Waals surface area contributed by atoms with Crippen LogP contribution in [0.25, 0.3) is 0 Å². The van der Waals surface area contributed by atoms with Crippen molar-refractivity contribution in [2.45, 2.75) is 13.8 Å². The fraction of sp³-hybridized carbons (Fsp3) is 0.400. The Morgan fingerprint density at radius 2 is 1.96 bits per heavy atom. The Morgan fingerprint density at radius 3 is 2.54 bits per heavy atom. The Morgan fingerprint density at radius 1 is 1.29 bits per heavy atom. The molecule has 2 N–H and O–H groups in total. The van der Waals surface area contributed by atoms with E-state index in [2.05, 4.69) is 10.9 Å². The molecule has 0 aliphatic rings. The van der Waals surface area contributed by atoms with Crippen molar-refractivity contribution in [2.24, 2.45) is 0 Å². The third-order valence-corrected chi connectivity index (χ3v) is 4.83. The van der Waals surface area contributed by atoms with Crippen LogP contribution in [0.1, 0.15) is 24.2 Å². The van der Waals surface area contributed by atoms with Gasteiger partial charge < -0.3 is 9.64 Å². The van der Waals surface area contributed by atoms with Crippen LogP contribution in [0.2, 0.25) is 5.02 Å². The summed E-state index contributed by atoms with van der Waals surface area (Å²) in [5.74, 6) is -0.395. The van der Waals surface area contributed by atoms with E-state index in [0.29, 0.717) is 15.1 Å². The normalized spacial score (nSPS) is 10.0. The number of benzene rings is 1. The standard InChI is InChI=1S/C15H20ClN3O3S2/c1-4-19(5-2)15(23)24-9-13(20)17-18-14(21)11-8-10(16)6-7-12(11)22-3/h6-8H,4-5,9H2,1-3H3,(H,17,20)(H,18,21). The van der Waals surface area contributed by atoms with Crippen LogP contribution in [0.5, 0.6) is 5.75 Å². The number of carbonyl (C=O) groups excluding carboxylic acids is 2. The zero-order chi connectivity index (χ0) is 18.1. The first kappa shape index (κ1) is 20.5. The first-order valence-corrected chi connectivity index (χ1v) is 9.04. The fourth-order valence-electron chi connectivity index (χ4n) is 1.79. The summed E-state index contributed by atoms with van der Waals surface area (Å²) in [5, 5.41) is 0.396. The SMILES string of the molecule is CCN(CC)C(=S)SCC(=O)NNC(=O)c1cc(Cl)ccc1OC. The summed E-state index contributed by atoms with van der Waals surface area (Å²) >= 11 is 12.4. The molecule has 2 amide bonds. The van der Waals surface area contributed by atoms with E-state index in [1.54, 1.807) is 12.1 Å². The number of hydrogen-bond acceptors (Lipinski definition) is 5. The molecule has 0 aliphatic carbocycles. The molecule has 0 aromatic heterocycles. The number of hydrogen-bond donors (Lipinski definition) is 2. The first-order valence-electron chi connectivity index (χ1n) is 7.27. The second kappa shape index (κ2) is 10.4. The Balaban J connectivity index is 2.51. The third kappa shape index (κ3) is 6.18. The topological polar surface area (TPSA) is 70.7 Å². The van der Waals surface area contributed by atoms with Crippen LogP contribution in [0.15, 0.2) is 18.2 Å². The number of amides is 2. The number of thioether (sulfide) groups is 1. The summed E-state index contributed by atoms with van der Waals surface area (Å²) in [6, 6.07) is 4.66. The van der Waals surface area contributed by atoms with Gasteiger partial charge >= 0.3 is 0 Å². The summed E-state index contributed by atoms with van der Waals surface area (Å²) in [7, 11) is 1.45. The van der Waals surface area contributed by atoms with Crippen LogP contribution in [0, 0.1) is 0 Å². The van der Waals surface area contributed by atoms with Crippen molar-refractivity contribution in [2.75, 3.05) is 26.0 Å². The molecule has 0 saturated heterocycles. The van der Waals surface area contributed by atoms with Crippen LogP contribution in [0.3, 0.4) is 0 Å². The minimum Gasteiger partial charge on any atom is -0.496 e. The van der Waals surface area contributed by atoms with Crippen molar-refractivity contribution in [1.29, 1.82) is 0 Å². The Labute approximate surface area is 156 Å². The lowest BCUT2D eigenvalue weighted by Crippen LogP contribution is -2.43. The molecule has 24 heavy (non-hydrogen) atoms. The summed E-state index contributed by atoms with van der Waals surface area (Å²) < 4.78 is 5.75. The van der Waals surface area contributed by atoms with E-state index in [1.807, 2.05) is 18.7 Å². The Bertz CT molecular complexity index is 610. The number of thiocarbonyl (C=S) groups is 1. The lowest BCUT2D eigenvalue weighted by molar-refractivity contribution is -0.119. The van der Waals surface area contributed by atoms with E-state index >= 15 is 0 Å². The van der Waals surface area contributed by atoms with Gasteiger partial charge in [0.2, 0.25) is 5.91 Å². The molecule has 0 heterocycles. The zero-order valence-electron chi connectivity index (χ0n) is 13.7. The van der Waals surface area contributed by atoms with E-state index in [4.69, 9.17) is 28.6 Å². The average Bonchev–Trinajstić information content (AvgIpc) is 2.58. The number of carbonyl (C=O) groups is 2. The monoisotopic (exact) mass is 389 g/mol. The van der Waals surface area contributed by atoms with Crippen molar-refractivity contribution in [3.63, 3.8) is 0 Å². The van der Waals surface area contributed by atoms with Gasteiger partial charge in [-0.2, -0.15) is 0 Å². The highest BCUT2D eigenvalue weighted by Crippen LogP contribution is 2.22. The van der Waals surface area contributed by atoms with Gasteiger partial charge in [0, 0.05) is 18.1 Å². The largest absolute Gasteiger partial charge is 0.496 e. The highest BCUT2D eigenvalue weighted by Gasteiger charge is 2.14. The van der Waals surface area contributed by atoms with Crippen LogP contribution in [-0.2, 0) is 4.79 Å². The molecule has 9 heteroatoms. The minimum absolute atomic E-state index is 0.113. The second-order valence-corrected chi connectivity index (χ2v) is 6.62. The van der Waals surface area contributed by atoms with Gasteiger partial charge in [0.1, 0.15) is 10.1 Å². The number of nitrogens with zero attached hydrogens (tertiary/aromatic N) is 1. The summed E-state index contributed by atoms with van der Waals surface area (Å²) in [5.41, 5.74) is 4.91. The maximum atomic E-state index is 12.1. The minimum atomic E-state index is -0.515. The van der Waals surface area contributed by atoms with E-state index in [-0.39, 0.29) is 17.2 Å². The van der Waals surface area contributed by atoms with Gasteiger partial charge in [-0.25, -0.2) is 0 Å². The highest BCUT2D eigenvalue weighted by molar-refractivity contribution is 8.23. The van der Waals surface area contributed by atoms with Crippen molar-refractivity contribution >= 4 is 51.7 Å². The molecule has 0 bridgehead atoms. The van der Waals surface area contributed by atoms with Gasteiger partial charge in [0.25, 0.3) is 5.91 Å². The van der Waals surface area contributed by atoms with Crippen molar-refractivity contribution in [3.8, 4) is 5.75 Å². The van der Waals surface area contributed by atoms with Crippen molar-refractivity contribution < 1.29 is 14.3 Å². The molecular weight excluding hydrogens is 370 g/mol. The molecule has 0 atom stereocenters. The summed E-state index contributed by atoms with van der Waals surface area (Å²) in [6.45, 7) is 5.56. The van der Waals surface area contributed by atoms with E-state index < -0.39 is 5.91 Å². The fourth-order valence-corrected chi connectivity index (χ4v) is 3.16. The van der Waals surface area contributed by atoms with E-state index in [9.17, 15) is 9.59 Å². The second-order valence-electron chi connectivity index (χ2n) is 4.57. The smallest absolute Gasteiger partial charge is 0.273 e. The molecule has 6 nitrogen and oxygen atoms in total.